The second kappa shape index (κ2) is 5.43. The molecule has 5 heteroatoms. The molecule has 0 saturated carbocycles. The minimum atomic E-state index is 0.198. The molecule has 2 heterocycles. The first-order chi connectivity index (χ1) is 9.28. The lowest BCUT2D eigenvalue weighted by atomic mass is 10.1. The van der Waals surface area contributed by atoms with Gasteiger partial charge in [-0.2, -0.15) is 5.10 Å². The van der Waals surface area contributed by atoms with Crippen LogP contribution in [0.1, 0.15) is 46.9 Å². The summed E-state index contributed by atoms with van der Waals surface area (Å²) < 4.78 is 1.86. The number of rotatable bonds is 5. The zero-order valence-corrected chi connectivity index (χ0v) is 12.3. The van der Waals surface area contributed by atoms with E-state index in [2.05, 4.69) is 23.5 Å². The molecule has 3 rings (SSSR count). The van der Waals surface area contributed by atoms with Gasteiger partial charge in [-0.3, -0.25) is 4.68 Å². The van der Waals surface area contributed by atoms with Crippen molar-refractivity contribution in [2.75, 3.05) is 6.54 Å². The number of aromatic nitrogens is 3. The molecule has 102 valence electrons. The Bertz CT molecular complexity index is 536. The fourth-order valence-electron chi connectivity index (χ4n) is 2.56. The molecule has 0 fully saturated rings. The average molecular weight is 276 g/mol. The molecule has 0 bridgehead atoms. The molecule has 0 radical (unpaired) electrons. The van der Waals surface area contributed by atoms with E-state index >= 15 is 0 Å². The van der Waals surface area contributed by atoms with Crippen molar-refractivity contribution in [2.24, 2.45) is 7.05 Å². The van der Waals surface area contributed by atoms with Crippen LogP contribution >= 0.6 is 11.3 Å². The van der Waals surface area contributed by atoms with E-state index in [9.17, 15) is 0 Å². The van der Waals surface area contributed by atoms with E-state index in [1.54, 1.807) is 0 Å². The second-order valence-electron chi connectivity index (χ2n) is 5.11. The number of thiazole rings is 1. The molecular formula is C14H20N4S. The van der Waals surface area contributed by atoms with Crippen molar-refractivity contribution in [3.63, 3.8) is 0 Å². The van der Waals surface area contributed by atoms with E-state index < -0.39 is 0 Å². The summed E-state index contributed by atoms with van der Waals surface area (Å²) in [5.74, 6) is 0. The topological polar surface area (TPSA) is 42.7 Å². The van der Waals surface area contributed by atoms with Gasteiger partial charge in [0.2, 0.25) is 0 Å². The maximum atomic E-state index is 4.85. The summed E-state index contributed by atoms with van der Waals surface area (Å²) >= 11 is 1.87. The first-order valence-corrected chi connectivity index (χ1v) is 7.80. The van der Waals surface area contributed by atoms with E-state index in [-0.39, 0.29) is 6.04 Å². The third kappa shape index (κ3) is 2.58. The number of hydrogen-bond donors (Lipinski definition) is 1. The lowest BCUT2D eigenvalue weighted by Gasteiger charge is -2.14. The zero-order chi connectivity index (χ0) is 13.2. The standard InChI is InChI=1S/C14H20N4S/c1-3-7-15-13(10-8-16-18(2)9-10)14-17-11-5-4-6-12(11)19-14/h8-9,13,15H,3-7H2,1-2H3. The Kier molecular flexibility index (Phi) is 3.66. The van der Waals surface area contributed by atoms with Crippen molar-refractivity contribution < 1.29 is 0 Å². The third-order valence-electron chi connectivity index (χ3n) is 3.52. The largest absolute Gasteiger partial charge is 0.304 e. The highest BCUT2D eigenvalue weighted by atomic mass is 32.1. The summed E-state index contributed by atoms with van der Waals surface area (Å²) in [5.41, 5.74) is 2.54. The van der Waals surface area contributed by atoms with Gasteiger partial charge < -0.3 is 5.32 Å². The zero-order valence-electron chi connectivity index (χ0n) is 11.5. The smallest absolute Gasteiger partial charge is 0.115 e. The van der Waals surface area contributed by atoms with Crippen molar-refractivity contribution in [3.8, 4) is 0 Å². The predicted octanol–water partition coefficient (Wildman–Crippen LogP) is 2.45. The number of hydrogen-bond acceptors (Lipinski definition) is 4. The van der Waals surface area contributed by atoms with Gasteiger partial charge in [0, 0.05) is 23.7 Å². The second-order valence-corrected chi connectivity index (χ2v) is 6.23. The summed E-state index contributed by atoms with van der Waals surface area (Å²) in [4.78, 5) is 6.34. The van der Waals surface area contributed by atoms with Crippen molar-refractivity contribution in [3.05, 3.63) is 33.5 Å². The molecule has 4 nitrogen and oxygen atoms in total. The van der Waals surface area contributed by atoms with Crippen molar-refractivity contribution >= 4 is 11.3 Å². The molecule has 1 aliphatic rings. The van der Waals surface area contributed by atoms with Gasteiger partial charge in [-0.25, -0.2) is 4.98 Å². The summed E-state index contributed by atoms with van der Waals surface area (Å²) in [5, 5.41) is 9.09. The minimum Gasteiger partial charge on any atom is -0.304 e. The molecule has 0 saturated heterocycles. The van der Waals surface area contributed by atoms with Crippen LogP contribution in [-0.4, -0.2) is 21.3 Å². The lowest BCUT2D eigenvalue weighted by molar-refractivity contribution is 0.594. The molecule has 1 N–H and O–H groups in total. The first kappa shape index (κ1) is 12.8. The van der Waals surface area contributed by atoms with E-state index in [0.29, 0.717) is 0 Å². The maximum Gasteiger partial charge on any atom is 0.115 e. The highest BCUT2D eigenvalue weighted by Crippen LogP contribution is 2.33. The van der Waals surface area contributed by atoms with Crippen molar-refractivity contribution in [2.45, 2.75) is 38.6 Å². The third-order valence-corrected chi connectivity index (χ3v) is 4.74. The summed E-state index contributed by atoms with van der Waals surface area (Å²) in [6, 6.07) is 0.198. The highest BCUT2D eigenvalue weighted by Gasteiger charge is 2.23. The van der Waals surface area contributed by atoms with E-state index in [1.165, 1.54) is 34.0 Å². The summed E-state index contributed by atoms with van der Waals surface area (Å²) in [6.45, 7) is 3.19. The maximum absolute atomic E-state index is 4.85. The monoisotopic (exact) mass is 276 g/mol. The predicted molar refractivity (Wildman–Crippen MR) is 77.5 cm³/mol. The molecule has 0 spiro atoms. The van der Waals surface area contributed by atoms with Crippen LogP contribution in [-0.2, 0) is 19.9 Å². The molecule has 0 aromatic carbocycles. The molecule has 19 heavy (non-hydrogen) atoms. The Balaban J connectivity index is 1.89. The van der Waals surface area contributed by atoms with Crippen molar-refractivity contribution in [1.82, 2.24) is 20.1 Å². The molecule has 1 unspecified atom stereocenters. The van der Waals surface area contributed by atoms with Crippen LogP contribution in [0.15, 0.2) is 12.4 Å². The fraction of sp³-hybridized carbons (Fsp3) is 0.571. The van der Waals surface area contributed by atoms with E-state index in [4.69, 9.17) is 4.98 Å². The van der Waals surface area contributed by atoms with E-state index in [0.717, 1.165) is 19.4 Å². The van der Waals surface area contributed by atoms with Crippen molar-refractivity contribution in [1.29, 1.82) is 0 Å². The number of aryl methyl sites for hydroxylation is 3. The highest BCUT2D eigenvalue weighted by molar-refractivity contribution is 7.11. The van der Waals surface area contributed by atoms with Crippen LogP contribution < -0.4 is 5.32 Å². The van der Waals surface area contributed by atoms with Crippen LogP contribution in [0, 0.1) is 0 Å². The number of fused-ring (bicyclic) bond motifs is 1. The Morgan fingerprint density at radius 1 is 1.47 bits per heavy atom. The number of nitrogens with zero attached hydrogens (tertiary/aromatic N) is 3. The summed E-state index contributed by atoms with van der Waals surface area (Å²) in [6.07, 6.45) is 8.79. The first-order valence-electron chi connectivity index (χ1n) is 6.98. The van der Waals surface area contributed by atoms with Crippen LogP contribution in [0.4, 0.5) is 0 Å². The normalized spacial score (nSPS) is 15.7. The SMILES string of the molecule is CCCNC(c1cnn(C)c1)c1nc2c(s1)CCC2. The van der Waals surface area contributed by atoms with Gasteiger partial charge in [0.25, 0.3) is 0 Å². The number of nitrogens with one attached hydrogen (secondary N) is 1. The fourth-order valence-corrected chi connectivity index (χ4v) is 3.82. The summed E-state index contributed by atoms with van der Waals surface area (Å²) in [7, 11) is 1.96. The Morgan fingerprint density at radius 2 is 2.37 bits per heavy atom. The van der Waals surface area contributed by atoms with Crippen LogP contribution in [0.2, 0.25) is 0 Å². The Morgan fingerprint density at radius 3 is 3.05 bits per heavy atom. The van der Waals surface area contributed by atoms with Gasteiger partial charge in [-0.1, -0.05) is 6.92 Å². The quantitative estimate of drug-likeness (QED) is 0.912. The Hall–Kier alpha value is -1.20. The van der Waals surface area contributed by atoms with Gasteiger partial charge in [0.05, 0.1) is 17.9 Å². The molecular weight excluding hydrogens is 256 g/mol. The Labute approximate surface area is 117 Å². The molecule has 2 aromatic heterocycles. The molecule has 0 aliphatic heterocycles. The van der Waals surface area contributed by atoms with Gasteiger partial charge >= 0.3 is 0 Å². The van der Waals surface area contributed by atoms with Crippen LogP contribution in [0.3, 0.4) is 0 Å². The van der Waals surface area contributed by atoms with Gasteiger partial charge in [0.1, 0.15) is 5.01 Å². The lowest BCUT2D eigenvalue weighted by Crippen LogP contribution is -2.22. The van der Waals surface area contributed by atoms with Crippen LogP contribution in [0.5, 0.6) is 0 Å². The van der Waals surface area contributed by atoms with Gasteiger partial charge in [-0.15, -0.1) is 11.3 Å². The average Bonchev–Trinajstić information content (AvgIpc) is 3.05. The van der Waals surface area contributed by atoms with Gasteiger partial charge in [0.15, 0.2) is 0 Å². The van der Waals surface area contributed by atoms with Crippen LogP contribution in [0.25, 0.3) is 0 Å². The minimum absolute atomic E-state index is 0.198. The molecule has 1 aliphatic carbocycles. The molecule has 0 amide bonds. The molecule has 1 atom stereocenters. The van der Waals surface area contributed by atoms with E-state index in [1.807, 2.05) is 29.3 Å². The van der Waals surface area contributed by atoms with Gasteiger partial charge in [-0.05, 0) is 32.2 Å². The molecule has 2 aromatic rings.